The number of hydrogen-bond donors (Lipinski definition) is 1. The van der Waals surface area contributed by atoms with Gasteiger partial charge >= 0.3 is 6.18 Å². The number of carbonyl (C=O) groups excluding carboxylic acids is 2. The topological polar surface area (TPSA) is 58.6 Å². The lowest BCUT2D eigenvalue weighted by atomic mass is 9.96. The Labute approximate surface area is 141 Å². The van der Waals surface area contributed by atoms with Crippen molar-refractivity contribution >= 4 is 17.5 Å². The van der Waals surface area contributed by atoms with Gasteiger partial charge in [0.15, 0.2) is 6.61 Å². The van der Waals surface area contributed by atoms with Crippen LogP contribution in [0.5, 0.6) is 5.75 Å². The van der Waals surface area contributed by atoms with Gasteiger partial charge in [0.1, 0.15) is 11.6 Å². The molecule has 25 heavy (non-hydrogen) atoms. The van der Waals surface area contributed by atoms with Crippen LogP contribution in [0, 0.1) is 11.7 Å². The SMILES string of the molecule is CC(=O)N1CCC(C(=O)Nc2cc(F)ccc2OCC(F)(F)F)CC1. The monoisotopic (exact) mass is 362 g/mol. The van der Waals surface area contributed by atoms with Crippen molar-refractivity contribution in [2.24, 2.45) is 5.92 Å². The third-order valence-electron chi connectivity index (χ3n) is 3.90. The first-order chi connectivity index (χ1) is 11.7. The van der Waals surface area contributed by atoms with Crippen LogP contribution < -0.4 is 10.1 Å². The van der Waals surface area contributed by atoms with Crippen LogP contribution in [0.15, 0.2) is 18.2 Å². The highest BCUT2D eigenvalue weighted by Gasteiger charge is 2.30. The molecule has 138 valence electrons. The first kappa shape index (κ1) is 19.0. The Kier molecular flexibility index (Phi) is 5.86. The van der Waals surface area contributed by atoms with Crippen LogP contribution >= 0.6 is 0 Å². The first-order valence-corrected chi connectivity index (χ1v) is 7.71. The van der Waals surface area contributed by atoms with Crippen molar-refractivity contribution in [2.45, 2.75) is 25.9 Å². The molecule has 1 aliphatic rings. The molecule has 0 unspecified atom stereocenters. The Morgan fingerprint density at radius 2 is 1.92 bits per heavy atom. The van der Waals surface area contributed by atoms with Crippen molar-refractivity contribution < 1.29 is 31.9 Å². The molecule has 1 fully saturated rings. The third-order valence-corrected chi connectivity index (χ3v) is 3.90. The van der Waals surface area contributed by atoms with Crippen molar-refractivity contribution in [3.05, 3.63) is 24.0 Å². The van der Waals surface area contributed by atoms with Gasteiger partial charge in [0.05, 0.1) is 5.69 Å². The Hall–Kier alpha value is -2.32. The molecule has 0 bridgehead atoms. The third kappa shape index (κ3) is 5.61. The van der Waals surface area contributed by atoms with E-state index in [1.54, 1.807) is 4.90 Å². The number of anilines is 1. The van der Waals surface area contributed by atoms with Gasteiger partial charge in [0.2, 0.25) is 11.8 Å². The second-order valence-corrected chi connectivity index (χ2v) is 5.81. The van der Waals surface area contributed by atoms with E-state index in [4.69, 9.17) is 0 Å². The van der Waals surface area contributed by atoms with E-state index in [2.05, 4.69) is 10.1 Å². The predicted molar refractivity (Wildman–Crippen MR) is 81.6 cm³/mol. The van der Waals surface area contributed by atoms with Gasteiger partial charge < -0.3 is 15.0 Å². The lowest BCUT2D eigenvalue weighted by molar-refractivity contribution is -0.153. The van der Waals surface area contributed by atoms with Gasteiger partial charge in [-0.25, -0.2) is 4.39 Å². The average Bonchev–Trinajstić information content (AvgIpc) is 2.53. The maximum atomic E-state index is 13.4. The van der Waals surface area contributed by atoms with Gasteiger partial charge in [0.25, 0.3) is 0 Å². The fraction of sp³-hybridized carbons (Fsp3) is 0.500. The van der Waals surface area contributed by atoms with Gasteiger partial charge in [-0.3, -0.25) is 9.59 Å². The van der Waals surface area contributed by atoms with E-state index < -0.39 is 30.4 Å². The normalized spacial score (nSPS) is 15.8. The summed E-state index contributed by atoms with van der Waals surface area (Å²) in [5.74, 6) is -1.89. The summed E-state index contributed by atoms with van der Waals surface area (Å²) in [7, 11) is 0. The number of carbonyl (C=O) groups is 2. The van der Waals surface area contributed by atoms with E-state index in [0.29, 0.717) is 25.9 Å². The lowest BCUT2D eigenvalue weighted by Crippen LogP contribution is -2.40. The number of rotatable bonds is 4. The maximum Gasteiger partial charge on any atom is 0.422 e. The second kappa shape index (κ2) is 7.71. The smallest absolute Gasteiger partial charge is 0.422 e. The van der Waals surface area contributed by atoms with E-state index >= 15 is 0 Å². The van der Waals surface area contributed by atoms with E-state index in [1.807, 2.05) is 0 Å². The minimum Gasteiger partial charge on any atom is -0.482 e. The zero-order chi connectivity index (χ0) is 18.6. The number of benzene rings is 1. The van der Waals surface area contributed by atoms with Crippen LogP contribution in [0.4, 0.5) is 23.2 Å². The first-order valence-electron chi connectivity index (χ1n) is 7.71. The number of ether oxygens (including phenoxy) is 1. The minimum atomic E-state index is -4.55. The molecule has 0 saturated carbocycles. The molecule has 1 aliphatic heterocycles. The zero-order valence-corrected chi connectivity index (χ0v) is 13.5. The van der Waals surface area contributed by atoms with Gasteiger partial charge in [-0.1, -0.05) is 0 Å². The molecule has 0 spiro atoms. The number of hydrogen-bond acceptors (Lipinski definition) is 3. The Morgan fingerprint density at radius 3 is 2.48 bits per heavy atom. The summed E-state index contributed by atoms with van der Waals surface area (Å²) in [4.78, 5) is 25.2. The molecular formula is C16H18F4N2O3. The van der Waals surface area contributed by atoms with Crippen molar-refractivity contribution in [2.75, 3.05) is 25.0 Å². The van der Waals surface area contributed by atoms with Crippen LogP contribution in [0.25, 0.3) is 0 Å². The summed E-state index contributed by atoms with van der Waals surface area (Å²) >= 11 is 0. The highest BCUT2D eigenvalue weighted by Crippen LogP contribution is 2.29. The number of amides is 2. The van der Waals surface area contributed by atoms with Crippen molar-refractivity contribution in [1.29, 1.82) is 0 Å². The van der Waals surface area contributed by atoms with Crippen molar-refractivity contribution in [3.8, 4) is 5.75 Å². The standard InChI is InChI=1S/C16H18F4N2O3/c1-10(23)22-6-4-11(5-7-22)15(24)21-13-8-12(17)2-3-14(13)25-9-16(18,19)20/h2-3,8,11H,4-7,9H2,1H3,(H,21,24). The molecule has 1 saturated heterocycles. The average molecular weight is 362 g/mol. The Balaban J connectivity index is 2.02. The van der Waals surface area contributed by atoms with E-state index in [0.717, 1.165) is 18.2 Å². The van der Waals surface area contributed by atoms with Crippen LogP contribution in [0.3, 0.4) is 0 Å². The highest BCUT2D eigenvalue weighted by molar-refractivity contribution is 5.94. The van der Waals surface area contributed by atoms with Crippen molar-refractivity contribution in [1.82, 2.24) is 4.90 Å². The van der Waals surface area contributed by atoms with Crippen LogP contribution in [0.1, 0.15) is 19.8 Å². The number of alkyl halides is 3. The van der Waals surface area contributed by atoms with E-state index in [9.17, 15) is 27.2 Å². The van der Waals surface area contributed by atoms with E-state index in [1.165, 1.54) is 6.92 Å². The molecule has 1 heterocycles. The van der Waals surface area contributed by atoms with E-state index in [-0.39, 0.29) is 17.3 Å². The predicted octanol–water partition coefficient (Wildman–Crippen LogP) is 2.96. The summed E-state index contributed by atoms with van der Waals surface area (Å²) in [6, 6.07) is 2.90. The van der Waals surface area contributed by atoms with Gasteiger partial charge in [-0.15, -0.1) is 0 Å². The molecule has 0 atom stereocenters. The summed E-state index contributed by atoms with van der Waals surface area (Å²) in [5, 5.41) is 2.43. The Morgan fingerprint density at radius 1 is 1.28 bits per heavy atom. The van der Waals surface area contributed by atoms with Gasteiger partial charge in [0, 0.05) is 32.0 Å². The molecule has 1 N–H and O–H groups in total. The lowest BCUT2D eigenvalue weighted by Gasteiger charge is -2.30. The molecule has 0 aromatic heterocycles. The number of likely N-dealkylation sites (tertiary alicyclic amines) is 1. The maximum absolute atomic E-state index is 13.4. The molecule has 2 rings (SSSR count). The van der Waals surface area contributed by atoms with Crippen molar-refractivity contribution in [3.63, 3.8) is 0 Å². The molecule has 0 radical (unpaired) electrons. The number of piperidine rings is 1. The number of nitrogens with one attached hydrogen (secondary N) is 1. The molecule has 5 nitrogen and oxygen atoms in total. The van der Waals surface area contributed by atoms with Gasteiger partial charge in [-0.2, -0.15) is 13.2 Å². The minimum absolute atomic E-state index is 0.0770. The van der Waals surface area contributed by atoms with Crippen LogP contribution in [0.2, 0.25) is 0 Å². The number of nitrogens with zero attached hydrogens (tertiary/aromatic N) is 1. The molecular weight excluding hydrogens is 344 g/mol. The quantitative estimate of drug-likeness (QED) is 0.838. The summed E-state index contributed by atoms with van der Waals surface area (Å²) in [6.45, 7) is 0.748. The fourth-order valence-electron chi connectivity index (χ4n) is 2.58. The highest BCUT2D eigenvalue weighted by atomic mass is 19.4. The molecule has 0 aliphatic carbocycles. The summed E-state index contributed by atoms with van der Waals surface area (Å²) < 4.78 is 54.9. The fourth-order valence-corrected chi connectivity index (χ4v) is 2.58. The molecule has 1 aromatic rings. The summed E-state index contributed by atoms with van der Waals surface area (Å²) in [5.41, 5.74) is -0.150. The Bertz CT molecular complexity index is 641. The summed E-state index contributed by atoms with van der Waals surface area (Å²) in [6.07, 6.45) is -3.69. The van der Waals surface area contributed by atoms with Crippen LogP contribution in [-0.2, 0) is 9.59 Å². The molecule has 9 heteroatoms. The second-order valence-electron chi connectivity index (χ2n) is 5.81. The van der Waals surface area contributed by atoms with Crippen LogP contribution in [-0.4, -0.2) is 42.6 Å². The number of halogens is 4. The van der Waals surface area contributed by atoms with Gasteiger partial charge in [-0.05, 0) is 25.0 Å². The molecule has 2 amide bonds. The molecule has 1 aromatic carbocycles. The zero-order valence-electron chi connectivity index (χ0n) is 13.5. The largest absolute Gasteiger partial charge is 0.482 e.